The van der Waals surface area contributed by atoms with Crippen LogP contribution in [-0.2, 0) is 4.74 Å². The van der Waals surface area contributed by atoms with Gasteiger partial charge in [-0.15, -0.1) is 0 Å². The van der Waals surface area contributed by atoms with Gasteiger partial charge < -0.3 is 4.74 Å². The van der Waals surface area contributed by atoms with Crippen LogP contribution in [-0.4, -0.2) is 17.1 Å². The van der Waals surface area contributed by atoms with E-state index in [0.717, 1.165) is 10.2 Å². The maximum absolute atomic E-state index is 11.4. The van der Waals surface area contributed by atoms with Gasteiger partial charge in [-0.05, 0) is 48.3 Å². The third kappa shape index (κ3) is 2.80. The van der Waals surface area contributed by atoms with Crippen LogP contribution in [0.4, 0.5) is 0 Å². The number of esters is 1. The summed E-state index contributed by atoms with van der Waals surface area (Å²) in [4.78, 5) is 15.5. The van der Waals surface area contributed by atoms with E-state index >= 15 is 0 Å². The zero-order valence-corrected chi connectivity index (χ0v) is 9.96. The first-order valence-electron chi connectivity index (χ1n) is 4.34. The lowest BCUT2D eigenvalue weighted by Crippen LogP contribution is -2.12. The lowest BCUT2D eigenvalue weighted by molar-refractivity contribution is 0.0377. The number of carbonyl (C=O) groups is 1. The Hall–Kier alpha value is -0.900. The summed E-state index contributed by atoms with van der Waals surface area (Å²) in [6, 6.07) is 1.75. The van der Waals surface area contributed by atoms with E-state index < -0.39 is 0 Å². The van der Waals surface area contributed by atoms with Gasteiger partial charge in [0.1, 0.15) is 4.60 Å². The summed E-state index contributed by atoms with van der Waals surface area (Å²) in [5.74, 6) is -0.330. The van der Waals surface area contributed by atoms with Gasteiger partial charge in [-0.1, -0.05) is 0 Å². The molecule has 0 N–H and O–H groups in total. The summed E-state index contributed by atoms with van der Waals surface area (Å²) >= 11 is 3.27. The zero-order valence-electron chi connectivity index (χ0n) is 8.37. The molecule has 0 fully saturated rings. The summed E-state index contributed by atoms with van der Waals surface area (Å²) in [6.07, 6.45) is 1.40. The van der Waals surface area contributed by atoms with Gasteiger partial charge in [0, 0.05) is 6.20 Å². The number of carbonyl (C=O) groups excluding carboxylic acids is 1. The molecule has 0 aromatic carbocycles. The van der Waals surface area contributed by atoms with Crippen molar-refractivity contribution in [2.45, 2.75) is 26.9 Å². The summed E-state index contributed by atoms with van der Waals surface area (Å²) in [7, 11) is 0. The van der Waals surface area contributed by atoms with E-state index in [0.29, 0.717) is 5.56 Å². The molecule has 4 heteroatoms. The van der Waals surface area contributed by atoms with E-state index in [1.165, 1.54) is 6.20 Å². The molecule has 1 rings (SSSR count). The van der Waals surface area contributed by atoms with Gasteiger partial charge in [-0.3, -0.25) is 0 Å². The van der Waals surface area contributed by atoms with Gasteiger partial charge in [0.25, 0.3) is 0 Å². The molecule has 0 saturated heterocycles. The largest absolute Gasteiger partial charge is 0.459 e. The predicted molar refractivity (Wildman–Crippen MR) is 57.2 cm³/mol. The van der Waals surface area contributed by atoms with Crippen LogP contribution < -0.4 is 0 Å². The molecule has 0 saturated carbocycles. The number of aromatic nitrogens is 1. The number of nitrogens with zero attached hydrogens (tertiary/aromatic N) is 1. The highest BCUT2D eigenvalue weighted by Gasteiger charge is 2.10. The lowest BCUT2D eigenvalue weighted by Gasteiger charge is -2.08. The van der Waals surface area contributed by atoms with Crippen molar-refractivity contribution in [3.8, 4) is 0 Å². The Bertz CT molecular complexity index is 350. The third-order valence-corrected chi connectivity index (χ3v) is 2.42. The maximum atomic E-state index is 11.4. The molecule has 1 heterocycles. The number of hydrogen-bond donors (Lipinski definition) is 0. The molecule has 76 valence electrons. The van der Waals surface area contributed by atoms with Crippen molar-refractivity contribution in [1.82, 2.24) is 4.98 Å². The first-order chi connectivity index (χ1) is 6.50. The summed E-state index contributed by atoms with van der Waals surface area (Å²) in [5.41, 5.74) is 1.41. The van der Waals surface area contributed by atoms with E-state index in [-0.39, 0.29) is 12.1 Å². The SMILES string of the molecule is Cc1cc(C(=O)OC(C)C)cnc1Br. The Balaban J connectivity index is 2.86. The van der Waals surface area contributed by atoms with Gasteiger partial charge in [0.15, 0.2) is 0 Å². The van der Waals surface area contributed by atoms with E-state index in [2.05, 4.69) is 20.9 Å². The second kappa shape index (κ2) is 4.55. The Kier molecular flexibility index (Phi) is 3.63. The highest BCUT2D eigenvalue weighted by Crippen LogP contribution is 2.14. The average molecular weight is 258 g/mol. The van der Waals surface area contributed by atoms with E-state index in [1.54, 1.807) is 6.07 Å². The van der Waals surface area contributed by atoms with Crippen molar-refractivity contribution in [3.63, 3.8) is 0 Å². The topological polar surface area (TPSA) is 39.2 Å². The van der Waals surface area contributed by atoms with Gasteiger partial charge in [0.05, 0.1) is 11.7 Å². The van der Waals surface area contributed by atoms with Crippen LogP contribution in [0, 0.1) is 6.92 Å². The minimum Gasteiger partial charge on any atom is -0.459 e. The summed E-state index contributed by atoms with van der Waals surface area (Å²) < 4.78 is 5.79. The smallest absolute Gasteiger partial charge is 0.339 e. The Morgan fingerprint density at radius 1 is 1.57 bits per heavy atom. The van der Waals surface area contributed by atoms with Crippen molar-refractivity contribution in [1.29, 1.82) is 0 Å². The first kappa shape index (κ1) is 11.2. The Morgan fingerprint density at radius 3 is 2.71 bits per heavy atom. The van der Waals surface area contributed by atoms with E-state index in [9.17, 15) is 4.79 Å². The number of halogens is 1. The fourth-order valence-corrected chi connectivity index (χ4v) is 1.17. The average Bonchev–Trinajstić information content (AvgIpc) is 2.08. The molecular formula is C10H12BrNO2. The second-order valence-corrected chi connectivity index (χ2v) is 4.04. The molecule has 0 spiro atoms. The van der Waals surface area contributed by atoms with Crippen molar-refractivity contribution >= 4 is 21.9 Å². The predicted octanol–water partition coefficient (Wildman–Crippen LogP) is 2.72. The Morgan fingerprint density at radius 2 is 2.21 bits per heavy atom. The molecule has 3 nitrogen and oxygen atoms in total. The second-order valence-electron chi connectivity index (χ2n) is 3.29. The van der Waals surface area contributed by atoms with Gasteiger partial charge in [0.2, 0.25) is 0 Å². The first-order valence-corrected chi connectivity index (χ1v) is 5.13. The molecule has 1 aromatic rings. The van der Waals surface area contributed by atoms with Crippen LogP contribution in [0.5, 0.6) is 0 Å². The minimum absolute atomic E-state index is 0.105. The maximum Gasteiger partial charge on any atom is 0.339 e. The molecule has 1 aromatic heterocycles. The van der Waals surface area contributed by atoms with E-state index in [4.69, 9.17) is 4.74 Å². The van der Waals surface area contributed by atoms with Crippen molar-refractivity contribution in [2.75, 3.05) is 0 Å². The van der Waals surface area contributed by atoms with E-state index in [1.807, 2.05) is 20.8 Å². The quantitative estimate of drug-likeness (QED) is 0.604. The minimum atomic E-state index is -0.330. The molecule has 0 atom stereocenters. The van der Waals surface area contributed by atoms with Crippen LogP contribution >= 0.6 is 15.9 Å². The number of aryl methyl sites for hydroxylation is 1. The summed E-state index contributed by atoms with van der Waals surface area (Å²) in [5, 5.41) is 0. The van der Waals surface area contributed by atoms with Gasteiger partial charge in [-0.25, -0.2) is 9.78 Å². The molecule has 0 aliphatic rings. The van der Waals surface area contributed by atoms with Crippen molar-refractivity contribution < 1.29 is 9.53 Å². The highest BCUT2D eigenvalue weighted by molar-refractivity contribution is 9.10. The number of ether oxygens (including phenoxy) is 1. The lowest BCUT2D eigenvalue weighted by atomic mass is 10.2. The number of hydrogen-bond acceptors (Lipinski definition) is 3. The van der Waals surface area contributed by atoms with Crippen LogP contribution in [0.25, 0.3) is 0 Å². The molecule has 14 heavy (non-hydrogen) atoms. The van der Waals surface area contributed by atoms with Gasteiger partial charge in [-0.2, -0.15) is 0 Å². The molecule has 0 aliphatic heterocycles. The van der Waals surface area contributed by atoms with Crippen LogP contribution in [0.3, 0.4) is 0 Å². The molecule has 0 unspecified atom stereocenters. The molecule has 0 amide bonds. The molecule has 0 bridgehead atoms. The number of pyridine rings is 1. The standard InChI is InChI=1S/C10H12BrNO2/c1-6(2)14-10(13)8-4-7(3)9(11)12-5-8/h4-6H,1-3H3. The fraction of sp³-hybridized carbons (Fsp3) is 0.400. The van der Waals surface area contributed by atoms with Crippen LogP contribution in [0.2, 0.25) is 0 Å². The van der Waals surface area contributed by atoms with Crippen LogP contribution in [0.1, 0.15) is 29.8 Å². The molecule has 0 aliphatic carbocycles. The van der Waals surface area contributed by atoms with Gasteiger partial charge >= 0.3 is 5.97 Å². The number of rotatable bonds is 2. The molecular weight excluding hydrogens is 246 g/mol. The highest BCUT2D eigenvalue weighted by atomic mass is 79.9. The summed E-state index contributed by atoms with van der Waals surface area (Å²) in [6.45, 7) is 5.51. The van der Waals surface area contributed by atoms with Crippen LogP contribution in [0.15, 0.2) is 16.9 Å². The van der Waals surface area contributed by atoms with Crippen molar-refractivity contribution in [2.24, 2.45) is 0 Å². The monoisotopic (exact) mass is 257 g/mol. The fourth-order valence-electron chi connectivity index (χ4n) is 0.952. The zero-order chi connectivity index (χ0) is 10.7. The molecule has 0 radical (unpaired) electrons. The Labute approximate surface area is 91.6 Å². The normalized spacial score (nSPS) is 10.4. The van der Waals surface area contributed by atoms with Crippen molar-refractivity contribution in [3.05, 3.63) is 28.0 Å². The third-order valence-electron chi connectivity index (χ3n) is 1.59.